The molecule has 0 saturated carbocycles. The van der Waals surface area contributed by atoms with E-state index in [1.807, 2.05) is 52.8 Å². The minimum Gasteiger partial charge on any atom is -0.494 e. The fourth-order valence-corrected chi connectivity index (χ4v) is 8.88. The molecule has 0 aliphatic carbocycles. The van der Waals surface area contributed by atoms with Crippen molar-refractivity contribution in [2.24, 2.45) is 7.05 Å². The monoisotopic (exact) mass is 1010 g/mol. The van der Waals surface area contributed by atoms with Gasteiger partial charge in [-0.2, -0.15) is 9.82 Å². The number of esters is 1. The van der Waals surface area contributed by atoms with Crippen molar-refractivity contribution in [3.8, 4) is 5.75 Å². The van der Waals surface area contributed by atoms with Crippen LogP contribution in [0.15, 0.2) is 84.1 Å². The van der Waals surface area contributed by atoms with Crippen molar-refractivity contribution in [1.29, 1.82) is 0 Å². The number of carbonyl (C=O) groups excluding carboxylic acids is 4. The first-order valence-electron chi connectivity index (χ1n) is 23.6. The molecule has 71 heavy (non-hydrogen) atoms. The number of fused-ring (bicyclic) bond motifs is 1. The number of aromatic nitrogens is 4. The van der Waals surface area contributed by atoms with Crippen LogP contribution in [-0.2, 0) is 63.5 Å². The molecule has 3 aromatic carbocycles. The highest BCUT2D eigenvalue weighted by Gasteiger charge is 2.30. The fraction of sp³-hybridized carbons (Fsp3) is 0.469. The van der Waals surface area contributed by atoms with Gasteiger partial charge in [0.05, 0.1) is 56.8 Å². The van der Waals surface area contributed by atoms with Crippen LogP contribution in [0, 0.1) is 13.8 Å². The predicted molar refractivity (Wildman–Crippen MR) is 264 cm³/mol. The summed E-state index contributed by atoms with van der Waals surface area (Å²) in [5.41, 5.74) is 2.82. The zero-order chi connectivity index (χ0) is 50.9. The first kappa shape index (κ1) is 55.3. The Morgan fingerprint density at radius 3 is 2.14 bits per heavy atom. The molecule has 3 amide bonds. The number of imidazole rings is 1. The molecule has 5 N–H and O–H groups in total. The standard InChI is InChI=1S/C49H67N9O12S/c1-36-30-41(69-25-8-14-44(59)50-18-10-23-66-26-28-68-29-27-67-24-11-19-53-49(62)70-35-38-12-6-5-7-13-38)31-37(2)45(36)71(63,64)56-42(47(61)65-4)34-54-46(60)39-15-16-43-40(32-39)33-55-58(43)21-9-17-51-48-52-20-22-57(48)3/h5-7,12-13,15-16,20,22,30-33,42,56H,8-11,14,17-19,21,23-29,34-35H2,1-4H3,(H,50,59)(H,51,52)(H,53,62)(H,54,60)/t42-/m0/s1. The van der Waals surface area contributed by atoms with E-state index < -0.39 is 34.0 Å². The third-order valence-corrected chi connectivity index (χ3v) is 12.6. The molecule has 2 heterocycles. The third-order valence-electron chi connectivity index (χ3n) is 10.8. The van der Waals surface area contributed by atoms with Crippen LogP contribution in [0.2, 0.25) is 0 Å². The highest BCUT2D eigenvalue weighted by Crippen LogP contribution is 2.26. The van der Waals surface area contributed by atoms with E-state index in [0.29, 0.717) is 108 Å². The molecule has 0 spiro atoms. The lowest BCUT2D eigenvalue weighted by Gasteiger charge is -2.20. The molecular weight excluding hydrogens is 939 g/mol. The Balaban J connectivity index is 0.911. The van der Waals surface area contributed by atoms with Gasteiger partial charge in [-0.25, -0.2) is 18.2 Å². The normalized spacial score (nSPS) is 11.8. The molecule has 0 fully saturated rings. The van der Waals surface area contributed by atoms with Gasteiger partial charge in [0, 0.05) is 82.7 Å². The Bertz CT molecular complexity index is 2550. The average Bonchev–Trinajstić information content (AvgIpc) is 3.97. The van der Waals surface area contributed by atoms with Crippen LogP contribution in [-0.4, -0.2) is 137 Å². The Morgan fingerprint density at radius 2 is 1.46 bits per heavy atom. The molecule has 0 saturated heterocycles. The number of hydrogen-bond donors (Lipinski definition) is 5. The van der Waals surface area contributed by atoms with Crippen LogP contribution >= 0.6 is 0 Å². The van der Waals surface area contributed by atoms with Gasteiger partial charge in [0.2, 0.25) is 21.9 Å². The first-order chi connectivity index (χ1) is 34.3. The summed E-state index contributed by atoms with van der Waals surface area (Å²) in [5, 5.41) is 16.7. The SMILES string of the molecule is COC(=O)[C@H](CNC(=O)c1ccc2c(cnn2CCCNc2nccn2C)c1)NS(=O)(=O)c1c(C)cc(OCCCC(=O)NCCCOCCOCCOCCCNC(=O)OCc2ccccc2)cc1C. The van der Waals surface area contributed by atoms with Crippen LogP contribution in [0.5, 0.6) is 5.75 Å². The van der Waals surface area contributed by atoms with Crippen molar-refractivity contribution in [2.75, 3.05) is 84.9 Å². The Hall–Kier alpha value is -6.59. The van der Waals surface area contributed by atoms with Gasteiger partial charge in [0.1, 0.15) is 18.4 Å². The topological polar surface area (TPSA) is 254 Å². The molecule has 0 radical (unpaired) electrons. The second-order valence-electron chi connectivity index (χ2n) is 16.4. The summed E-state index contributed by atoms with van der Waals surface area (Å²) in [4.78, 5) is 54.4. The van der Waals surface area contributed by atoms with Gasteiger partial charge in [-0.1, -0.05) is 30.3 Å². The number of alkyl carbamates (subject to hydrolysis) is 1. The summed E-state index contributed by atoms with van der Waals surface area (Å²) in [6.45, 7) is 8.16. The van der Waals surface area contributed by atoms with Gasteiger partial charge in [-0.05, 0) is 86.6 Å². The number of methoxy groups -OCH3 is 1. The molecule has 5 aromatic rings. The lowest BCUT2D eigenvalue weighted by Crippen LogP contribution is -2.49. The van der Waals surface area contributed by atoms with Crippen LogP contribution < -0.4 is 30.7 Å². The van der Waals surface area contributed by atoms with Gasteiger partial charge in [0.25, 0.3) is 5.91 Å². The average molecular weight is 1010 g/mol. The van der Waals surface area contributed by atoms with Crippen molar-refractivity contribution >= 4 is 50.8 Å². The smallest absolute Gasteiger partial charge is 0.407 e. The van der Waals surface area contributed by atoms with E-state index in [-0.39, 0.29) is 37.0 Å². The van der Waals surface area contributed by atoms with E-state index in [4.69, 9.17) is 28.4 Å². The molecule has 0 bridgehead atoms. The number of amides is 3. The van der Waals surface area contributed by atoms with E-state index in [2.05, 4.69) is 36.1 Å². The van der Waals surface area contributed by atoms with Gasteiger partial charge in [-0.3, -0.25) is 19.1 Å². The molecular formula is C49H67N9O12S. The molecule has 22 heteroatoms. The maximum atomic E-state index is 13.7. The summed E-state index contributed by atoms with van der Waals surface area (Å²) in [6, 6.07) is 16.3. The van der Waals surface area contributed by atoms with Crippen molar-refractivity contribution in [1.82, 2.24) is 40.0 Å². The second kappa shape index (κ2) is 29.6. The highest BCUT2D eigenvalue weighted by atomic mass is 32.2. The number of aryl methyl sites for hydroxylation is 4. The van der Waals surface area contributed by atoms with E-state index in [1.54, 1.807) is 56.6 Å². The number of nitrogens with zero attached hydrogens (tertiary/aromatic N) is 4. The number of nitrogens with one attached hydrogen (secondary N) is 5. The van der Waals surface area contributed by atoms with Crippen molar-refractivity contribution in [2.45, 2.75) is 70.0 Å². The van der Waals surface area contributed by atoms with E-state index in [1.165, 1.54) is 0 Å². The Morgan fingerprint density at radius 1 is 0.775 bits per heavy atom. The van der Waals surface area contributed by atoms with Crippen LogP contribution in [0.25, 0.3) is 10.9 Å². The fourth-order valence-electron chi connectivity index (χ4n) is 7.24. The maximum absolute atomic E-state index is 13.7. The largest absolute Gasteiger partial charge is 0.494 e. The molecule has 0 aliphatic rings. The zero-order valence-corrected chi connectivity index (χ0v) is 41.7. The lowest BCUT2D eigenvalue weighted by molar-refractivity contribution is -0.142. The number of ether oxygens (including phenoxy) is 6. The predicted octanol–water partition coefficient (Wildman–Crippen LogP) is 4.17. The highest BCUT2D eigenvalue weighted by molar-refractivity contribution is 7.89. The van der Waals surface area contributed by atoms with Crippen molar-refractivity contribution in [3.05, 3.63) is 102 Å². The molecule has 2 aromatic heterocycles. The molecule has 1 atom stereocenters. The summed E-state index contributed by atoms with van der Waals surface area (Å²) < 4.78 is 66.1. The molecule has 5 rings (SSSR count). The first-order valence-corrected chi connectivity index (χ1v) is 25.1. The van der Waals surface area contributed by atoms with Crippen molar-refractivity contribution in [3.63, 3.8) is 0 Å². The minimum atomic E-state index is -4.29. The number of benzene rings is 3. The summed E-state index contributed by atoms with van der Waals surface area (Å²) in [7, 11) is -1.24. The van der Waals surface area contributed by atoms with Crippen LogP contribution in [0.1, 0.15) is 59.2 Å². The summed E-state index contributed by atoms with van der Waals surface area (Å²) >= 11 is 0. The summed E-state index contributed by atoms with van der Waals surface area (Å²) in [5.74, 6) is -0.316. The van der Waals surface area contributed by atoms with Gasteiger partial charge in [0.15, 0.2) is 0 Å². The number of anilines is 1. The van der Waals surface area contributed by atoms with Crippen LogP contribution in [0.4, 0.5) is 10.7 Å². The van der Waals surface area contributed by atoms with E-state index in [0.717, 1.165) is 35.9 Å². The van der Waals surface area contributed by atoms with Gasteiger partial charge in [-0.15, -0.1) is 0 Å². The Kier molecular flexibility index (Phi) is 23.0. The van der Waals surface area contributed by atoms with Crippen LogP contribution in [0.3, 0.4) is 0 Å². The van der Waals surface area contributed by atoms with E-state index >= 15 is 0 Å². The number of rotatable bonds is 33. The zero-order valence-electron chi connectivity index (χ0n) is 40.9. The number of carbonyl (C=O) groups is 4. The Labute approximate surface area is 414 Å². The van der Waals surface area contributed by atoms with E-state index in [9.17, 15) is 27.6 Å². The molecule has 21 nitrogen and oxygen atoms in total. The lowest BCUT2D eigenvalue weighted by atomic mass is 10.1. The molecule has 0 unspecified atom stereocenters. The minimum absolute atomic E-state index is 0.0425. The van der Waals surface area contributed by atoms with Crippen molar-refractivity contribution < 1.29 is 56.0 Å². The maximum Gasteiger partial charge on any atom is 0.407 e. The third kappa shape index (κ3) is 18.9. The molecule has 0 aliphatic heterocycles. The van der Waals surface area contributed by atoms with Gasteiger partial charge < -0.3 is 54.3 Å². The number of hydrogen-bond acceptors (Lipinski definition) is 15. The quantitative estimate of drug-likeness (QED) is 0.0292. The number of sulfonamides is 1. The second-order valence-corrected chi connectivity index (χ2v) is 18.1. The summed E-state index contributed by atoms with van der Waals surface area (Å²) in [6.07, 6.45) is 7.53. The molecule has 386 valence electrons. The van der Waals surface area contributed by atoms with Gasteiger partial charge >= 0.3 is 12.1 Å².